The maximum Gasteiger partial charge on any atom is 0.232 e. The van der Waals surface area contributed by atoms with Gasteiger partial charge >= 0.3 is 0 Å². The summed E-state index contributed by atoms with van der Waals surface area (Å²) in [5.41, 5.74) is 0. The molecule has 1 aromatic heterocycles. The molecule has 0 bridgehead atoms. The number of nitrogens with one attached hydrogen (secondary N) is 1. The average Bonchev–Trinajstić information content (AvgIpc) is 2.59. The van der Waals surface area contributed by atoms with E-state index in [0.29, 0.717) is 11.8 Å². The molecular formula is C15H25BrN6O. The number of anilines is 1. The van der Waals surface area contributed by atoms with Crippen LogP contribution in [0.25, 0.3) is 0 Å². The van der Waals surface area contributed by atoms with E-state index in [-0.39, 0.29) is 0 Å². The summed E-state index contributed by atoms with van der Waals surface area (Å²) in [6, 6.07) is 0. The quantitative estimate of drug-likeness (QED) is 0.616. The maximum absolute atomic E-state index is 5.25. The van der Waals surface area contributed by atoms with Gasteiger partial charge in [-0.15, -0.1) is 0 Å². The third kappa shape index (κ3) is 4.70. The number of nitrogens with zero attached hydrogens (tertiary/aromatic N) is 5. The molecule has 0 radical (unpaired) electrons. The van der Waals surface area contributed by atoms with Gasteiger partial charge < -0.3 is 19.9 Å². The smallest absolute Gasteiger partial charge is 0.232 e. The zero-order valence-corrected chi connectivity index (χ0v) is 15.6. The molecule has 23 heavy (non-hydrogen) atoms. The average molecular weight is 385 g/mol. The van der Waals surface area contributed by atoms with Crippen LogP contribution in [-0.2, 0) is 0 Å². The highest BCUT2D eigenvalue weighted by atomic mass is 79.9. The van der Waals surface area contributed by atoms with E-state index in [1.807, 2.05) is 0 Å². The molecule has 0 spiro atoms. The fourth-order valence-electron chi connectivity index (χ4n) is 2.40. The number of guanidine groups is 1. The van der Waals surface area contributed by atoms with Crippen molar-refractivity contribution < 1.29 is 4.74 Å². The van der Waals surface area contributed by atoms with Crippen molar-refractivity contribution >= 4 is 27.8 Å². The Hall–Kier alpha value is -1.57. The van der Waals surface area contributed by atoms with Gasteiger partial charge in [0.2, 0.25) is 11.8 Å². The Morgan fingerprint density at radius 3 is 2.70 bits per heavy atom. The molecule has 8 heteroatoms. The normalized spacial score (nSPS) is 15.7. The van der Waals surface area contributed by atoms with E-state index >= 15 is 0 Å². The molecule has 0 amide bonds. The van der Waals surface area contributed by atoms with Gasteiger partial charge in [-0.25, -0.2) is 4.98 Å². The number of aromatic nitrogens is 2. The molecule has 0 aromatic carbocycles. The van der Waals surface area contributed by atoms with Gasteiger partial charge in [-0.1, -0.05) is 6.92 Å². The van der Waals surface area contributed by atoms with Crippen molar-refractivity contribution in [3.8, 4) is 5.88 Å². The Morgan fingerprint density at radius 1 is 1.35 bits per heavy atom. The zero-order valence-electron chi connectivity index (χ0n) is 14.0. The molecule has 0 atom stereocenters. The first-order valence-corrected chi connectivity index (χ1v) is 8.83. The second-order valence-electron chi connectivity index (χ2n) is 5.24. The highest BCUT2D eigenvalue weighted by Crippen LogP contribution is 2.23. The van der Waals surface area contributed by atoms with Crippen molar-refractivity contribution in [2.45, 2.75) is 20.3 Å². The maximum atomic E-state index is 5.25. The lowest BCUT2D eigenvalue weighted by atomic mass is 10.3. The summed E-state index contributed by atoms with van der Waals surface area (Å²) >= 11 is 3.38. The van der Waals surface area contributed by atoms with E-state index in [4.69, 9.17) is 4.74 Å². The van der Waals surface area contributed by atoms with Crippen LogP contribution in [0, 0.1) is 0 Å². The van der Waals surface area contributed by atoms with Crippen LogP contribution in [0.2, 0.25) is 0 Å². The lowest BCUT2D eigenvalue weighted by molar-refractivity contribution is 0.366. The van der Waals surface area contributed by atoms with Crippen molar-refractivity contribution in [2.24, 2.45) is 4.99 Å². The first-order valence-electron chi connectivity index (χ1n) is 8.04. The highest BCUT2D eigenvalue weighted by Gasteiger charge is 2.22. The van der Waals surface area contributed by atoms with Gasteiger partial charge in [0.25, 0.3) is 0 Å². The molecule has 2 heterocycles. The summed E-state index contributed by atoms with van der Waals surface area (Å²) in [6.45, 7) is 9.51. The molecule has 1 aromatic rings. The van der Waals surface area contributed by atoms with Crippen LogP contribution in [0.5, 0.6) is 5.88 Å². The number of piperazine rings is 1. The summed E-state index contributed by atoms with van der Waals surface area (Å²) in [5.74, 6) is 2.28. The third-order valence-electron chi connectivity index (χ3n) is 3.57. The number of rotatable bonds is 5. The molecule has 7 nitrogen and oxygen atoms in total. The van der Waals surface area contributed by atoms with Gasteiger partial charge in [0, 0.05) is 39.3 Å². The van der Waals surface area contributed by atoms with Crippen molar-refractivity contribution in [1.29, 1.82) is 0 Å². The topological polar surface area (TPSA) is 65.9 Å². The number of hydrogen-bond donors (Lipinski definition) is 1. The Morgan fingerprint density at radius 2 is 2.09 bits per heavy atom. The van der Waals surface area contributed by atoms with Gasteiger partial charge in [-0.05, 0) is 29.3 Å². The first kappa shape index (κ1) is 17.8. The Bertz CT molecular complexity index is 531. The minimum atomic E-state index is 0.565. The number of ether oxygens (including phenoxy) is 1. The molecule has 0 unspecified atom stereocenters. The van der Waals surface area contributed by atoms with Gasteiger partial charge in [-0.2, -0.15) is 4.98 Å². The van der Waals surface area contributed by atoms with Crippen molar-refractivity contribution in [1.82, 2.24) is 20.2 Å². The molecule has 0 aliphatic carbocycles. The fourth-order valence-corrected chi connectivity index (χ4v) is 2.75. The van der Waals surface area contributed by atoms with Crippen molar-refractivity contribution in [2.75, 3.05) is 51.3 Å². The van der Waals surface area contributed by atoms with Crippen molar-refractivity contribution in [3.63, 3.8) is 0 Å². The van der Waals surface area contributed by atoms with Crippen molar-refractivity contribution in [3.05, 3.63) is 10.7 Å². The van der Waals surface area contributed by atoms with Crippen LogP contribution in [0.1, 0.15) is 20.3 Å². The van der Waals surface area contributed by atoms with E-state index in [0.717, 1.165) is 56.1 Å². The number of halogens is 1. The minimum absolute atomic E-state index is 0.565. The Labute approximate surface area is 146 Å². The lowest BCUT2D eigenvalue weighted by Crippen LogP contribution is -2.53. The van der Waals surface area contributed by atoms with Crippen LogP contribution in [0.4, 0.5) is 5.95 Å². The lowest BCUT2D eigenvalue weighted by Gasteiger charge is -2.36. The molecule has 1 saturated heterocycles. The number of aliphatic imine (C=N–C) groups is 1. The molecule has 1 aliphatic heterocycles. The van der Waals surface area contributed by atoms with Crippen LogP contribution >= 0.6 is 15.9 Å². The molecule has 0 saturated carbocycles. The van der Waals surface area contributed by atoms with E-state index in [9.17, 15) is 0 Å². The van der Waals surface area contributed by atoms with Gasteiger partial charge in [-0.3, -0.25) is 4.99 Å². The molecule has 1 fully saturated rings. The predicted molar refractivity (Wildman–Crippen MR) is 96.3 cm³/mol. The molecule has 128 valence electrons. The summed E-state index contributed by atoms with van der Waals surface area (Å²) in [6.07, 6.45) is 2.79. The van der Waals surface area contributed by atoms with Gasteiger partial charge in [0.15, 0.2) is 5.96 Å². The van der Waals surface area contributed by atoms with E-state index in [2.05, 4.69) is 59.9 Å². The van der Waals surface area contributed by atoms with E-state index < -0.39 is 0 Å². The van der Waals surface area contributed by atoms with Crippen LogP contribution in [-0.4, -0.2) is 67.2 Å². The first-order chi connectivity index (χ1) is 11.2. The second-order valence-corrected chi connectivity index (χ2v) is 6.09. The summed E-state index contributed by atoms with van der Waals surface area (Å²) in [4.78, 5) is 18.0. The third-order valence-corrected chi connectivity index (χ3v) is 4.12. The standard InChI is InChI=1S/C15H25BrN6O/c1-4-6-18-14(17-5-2)21-7-9-22(10-8-21)15-19-11-12(16)13(20-15)23-3/h11H,4-10H2,1-3H3,(H,17,18). The fraction of sp³-hybridized carbons (Fsp3) is 0.667. The number of hydrogen-bond acceptors (Lipinski definition) is 5. The van der Waals surface area contributed by atoms with Gasteiger partial charge in [0.05, 0.1) is 17.8 Å². The van der Waals surface area contributed by atoms with Crippen LogP contribution in [0.3, 0.4) is 0 Å². The molecule has 1 aliphatic rings. The second kappa shape index (κ2) is 8.90. The predicted octanol–water partition coefficient (Wildman–Crippen LogP) is 1.75. The summed E-state index contributed by atoms with van der Waals surface area (Å²) in [7, 11) is 1.61. The van der Waals surface area contributed by atoms with Crippen LogP contribution in [0.15, 0.2) is 15.7 Å². The minimum Gasteiger partial charge on any atom is -0.480 e. The van der Waals surface area contributed by atoms with E-state index in [1.54, 1.807) is 13.3 Å². The Kier molecular flexibility index (Phi) is 6.88. The molecule has 1 N–H and O–H groups in total. The Balaban J connectivity index is 2.00. The zero-order chi connectivity index (χ0) is 16.7. The largest absolute Gasteiger partial charge is 0.480 e. The SMILES string of the molecule is CCCN=C(NCC)N1CCN(c2ncc(Br)c(OC)n2)CC1. The number of methoxy groups -OCH3 is 1. The summed E-state index contributed by atoms with van der Waals surface area (Å²) < 4.78 is 6.02. The monoisotopic (exact) mass is 384 g/mol. The highest BCUT2D eigenvalue weighted by molar-refractivity contribution is 9.10. The molecular weight excluding hydrogens is 360 g/mol. The van der Waals surface area contributed by atoms with Crippen LogP contribution < -0.4 is 15.0 Å². The van der Waals surface area contributed by atoms with E-state index in [1.165, 1.54) is 0 Å². The summed E-state index contributed by atoms with van der Waals surface area (Å²) in [5, 5.41) is 3.37. The van der Waals surface area contributed by atoms with Gasteiger partial charge in [0.1, 0.15) is 0 Å². The molecule has 2 rings (SSSR count).